The van der Waals surface area contributed by atoms with Gasteiger partial charge < -0.3 is 19.9 Å². The quantitative estimate of drug-likeness (QED) is 0.540. The molecule has 2 aromatic heterocycles. The van der Waals surface area contributed by atoms with Crippen LogP contribution in [-0.2, 0) is 5.54 Å². The van der Waals surface area contributed by atoms with Gasteiger partial charge in [0.15, 0.2) is 11.6 Å². The number of carbonyl (C=O) groups is 2. The van der Waals surface area contributed by atoms with E-state index in [4.69, 9.17) is 9.84 Å². The molecule has 0 unspecified atom stereocenters. The Bertz CT molecular complexity index is 1250. The number of hydrogen-bond acceptors (Lipinski definition) is 6. The van der Waals surface area contributed by atoms with E-state index in [1.807, 2.05) is 0 Å². The minimum atomic E-state index is -5.09. The highest BCUT2D eigenvalue weighted by atomic mass is 19.4. The second kappa shape index (κ2) is 8.61. The fourth-order valence-corrected chi connectivity index (χ4v) is 3.62. The van der Waals surface area contributed by atoms with Crippen LogP contribution in [0.5, 0.6) is 11.5 Å². The van der Waals surface area contributed by atoms with Crippen molar-refractivity contribution < 1.29 is 41.7 Å². The van der Waals surface area contributed by atoms with Gasteiger partial charge in [0.05, 0.1) is 12.2 Å². The maximum Gasteiger partial charge on any atom is 0.573 e. The normalized spacial score (nSPS) is 17.3. The summed E-state index contributed by atoms with van der Waals surface area (Å²) in [5, 5.41) is 11.8. The van der Waals surface area contributed by atoms with Crippen LogP contribution >= 0.6 is 0 Å². The van der Waals surface area contributed by atoms with Crippen molar-refractivity contribution in [3.8, 4) is 11.5 Å². The van der Waals surface area contributed by atoms with Gasteiger partial charge in [-0.2, -0.15) is 0 Å². The molecule has 34 heavy (non-hydrogen) atoms. The highest BCUT2D eigenvalue weighted by Crippen LogP contribution is 2.42. The SMILES string of the molecule is O=C(O)c1ccc(C(=O)N[C@]2(c3ccc(OC(F)(F)F)c(F)c3)CCOc3cccnc32)nc1. The number of aromatic carboxylic acids is 1. The fraction of sp³-hybridized carbons (Fsp3) is 0.182. The minimum Gasteiger partial charge on any atom is -0.491 e. The minimum absolute atomic E-state index is 0.0644. The summed E-state index contributed by atoms with van der Waals surface area (Å²) in [6.07, 6.45) is -2.60. The summed E-state index contributed by atoms with van der Waals surface area (Å²) in [5.74, 6) is -4.01. The largest absolute Gasteiger partial charge is 0.573 e. The molecule has 4 rings (SSSR count). The number of carboxylic acids is 1. The second-order valence-electron chi connectivity index (χ2n) is 7.24. The van der Waals surface area contributed by atoms with Gasteiger partial charge in [0, 0.05) is 18.8 Å². The van der Waals surface area contributed by atoms with Crippen LogP contribution in [0.15, 0.2) is 54.9 Å². The van der Waals surface area contributed by atoms with Crippen LogP contribution in [0.1, 0.15) is 38.5 Å². The third kappa shape index (κ3) is 4.47. The van der Waals surface area contributed by atoms with Crippen LogP contribution in [0.25, 0.3) is 0 Å². The van der Waals surface area contributed by atoms with Gasteiger partial charge in [-0.1, -0.05) is 6.07 Å². The van der Waals surface area contributed by atoms with E-state index in [2.05, 4.69) is 20.0 Å². The van der Waals surface area contributed by atoms with Crippen LogP contribution in [0, 0.1) is 5.82 Å². The number of carboxylic acid groups (broad SMARTS) is 1. The number of benzene rings is 1. The molecular formula is C22H15F4N3O5. The molecule has 12 heteroatoms. The molecular weight excluding hydrogens is 462 g/mol. The number of amides is 1. The van der Waals surface area contributed by atoms with Gasteiger partial charge >= 0.3 is 12.3 Å². The Kier molecular flexibility index (Phi) is 5.82. The van der Waals surface area contributed by atoms with Crippen molar-refractivity contribution in [2.75, 3.05) is 6.61 Å². The van der Waals surface area contributed by atoms with Crippen molar-refractivity contribution in [1.82, 2.24) is 15.3 Å². The lowest BCUT2D eigenvalue weighted by atomic mass is 9.81. The molecule has 3 aromatic rings. The van der Waals surface area contributed by atoms with E-state index >= 15 is 0 Å². The lowest BCUT2D eigenvalue weighted by Crippen LogP contribution is -2.50. The van der Waals surface area contributed by atoms with Crippen LogP contribution in [-0.4, -0.2) is 39.9 Å². The molecule has 0 saturated carbocycles. The Labute approximate surface area is 189 Å². The molecule has 3 heterocycles. The van der Waals surface area contributed by atoms with E-state index < -0.39 is 35.3 Å². The molecule has 0 fully saturated rings. The van der Waals surface area contributed by atoms with Crippen molar-refractivity contribution in [2.24, 2.45) is 0 Å². The number of hydrogen-bond donors (Lipinski definition) is 2. The number of rotatable bonds is 5. The van der Waals surface area contributed by atoms with E-state index in [1.165, 1.54) is 24.4 Å². The first-order valence-electron chi connectivity index (χ1n) is 9.75. The molecule has 0 bridgehead atoms. The first-order chi connectivity index (χ1) is 16.1. The van der Waals surface area contributed by atoms with Crippen molar-refractivity contribution in [2.45, 2.75) is 18.3 Å². The fourth-order valence-electron chi connectivity index (χ4n) is 3.62. The Hall–Kier alpha value is -4.22. The van der Waals surface area contributed by atoms with Crippen molar-refractivity contribution in [3.63, 3.8) is 0 Å². The summed E-state index contributed by atoms with van der Waals surface area (Å²) in [7, 11) is 0. The molecule has 1 amide bonds. The zero-order valence-corrected chi connectivity index (χ0v) is 17.1. The lowest BCUT2D eigenvalue weighted by Gasteiger charge is -2.39. The van der Waals surface area contributed by atoms with Crippen molar-refractivity contribution in [1.29, 1.82) is 0 Å². The average molecular weight is 477 g/mol. The predicted octanol–water partition coefficient (Wildman–Crippen LogP) is 3.67. The summed E-state index contributed by atoms with van der Waals surface area (Å²) in [6.45, 7) is 0.0762. The summed E-state index contributed by atoms with van der Waals surface area (Å²) in [5.41, 5.74) is -1.45. The average Bonchev–Trinajstić information content (AvgIpc) is 2.79. The molecule has 1 aliphatic rings. The predicted molar refractivity (Wildman–Crippen MR) is 107 cm³/mol. The summed E-state index contributed by atoms with van der Waals surface area (Å²) in [4.78, 5) is 32.2. The maximum absolute atomic E-state index is 14.6. The number of carbonyl (C=O) groups excluding carboxylic acids is 1. The smallest absolute Gasteiger partial charge is 0.491 e. The molecule has 0 radical (unpaired) electrons. The molecule has 2 N–H and O–H groups in total. The molecule has 8 nitrogen and oxygen atoms in total. The van der Waals surface area contributed by atoms with E-state index in [1.54, 1.807) is 12.1 Å². The third-order valence-electron chi connectivity index (χ3n) is 5.13. The maximum atomic E-state index is 14.6. The Morgan fingerprint density at radius 3 is 2.59 bits per heavy atom. The van der Waals surface area contributed by atoms with Gasteiger partial charge in [0.2, 0.25) is 0 Å². The summed E-state index contributed by atoms with van der Waals surface area (Å²) < 4.78 is 61.6. The summed E-state index contributed by atoms with van der Waals surface area (Å²) >= 11 is 0. The number of fused-ring (bicyclic) bond motifs is 1. The number of alkyl halides is 3. The molecule has 0 saturated heterocycles. The van der Waals surface area contributed by atoms with Gasteiger partial charge in [-0.05, 0) is 42.0 Å². The number of pyridine rings is 2. The first-order valence-corrected chi connectivity index (χ1v) is 9.75. The van der Waals surface area contributed by atoms with Gasteiger partial charge in [0.25, 0.3) is 5.91 Å². The van der Waals surface area contributed by atoms with Gasteiger partial charge in [0.1, 0.15) is 22.7 Å². The Morgan fingerprint density at radius 1 is 1.15 bits per heavy atom. The van der Waals surface area contributed by atoms with Crippen LogP contribution in [0.3, 0.4) is 0 Å². The van der Waals surface area contributed by atoms with E-state index in [0.29, 0.717) is 5.75 Å². The van der Waals surface area contributed by atoms with Crippen molar-refractivity contribution >= 4 is 11.9 Å². The monoisotopic (exact) mass is 477 g/mol. The molecule has 0 spiro atoms. The van der Waals surface area contributed by atoms with Gasteiger partial charge in [-0.15, -0.1) is 13.2 Å². The Morgan fingerprint density at radius 2 is 1.94 bits per heavy atom. The van der Waals surface area contributed by atoms with E-state index in [9.17, 15) is 27.2 Å². The van der Waals surface area contributed by atoms with Gasteiger partial charge in [-0.25, -0.2) is 9.18 Å². The van der Waals surface area contributed by atoms with E-state index in [-0.39, 0.29) is 35.5 Å². The molecule has 1 aromatic carbocycles. The number of nitrogens with one attached hydrogen (secondary N) is 1. The van der Waals surface area contributed by atoms with Crippen LogP contribution in [0.2, 0.25) is 0 Å². The Balaban J connectivity index is 1.78. The number of ether oxygens (including phenoxy) is 2. The second-order valence-corrected chi connectivity index (χ2v) is 7.24. The number of aromatic nitrogens is 2. The highest BCUT2D eigenvalue weighted by Gasteiger charge is 2.43. The highest BCUT2D eigenvalue weighted by molar-refractivity contribution is 5.94. The number of nitrogens with zero attached hydrogens (tertiary/aromatic N) is 2. The third-order valence-corrected chi connectivity index (χ3v) is 5.13. The zero-order chi connectivity index (χ0) is 24.5. The van der Waals surface area contributed by atoms with Crippen LogP contribution < -0.4 is 14.8 Å². The van der Waals surface area contributed by atoms with Crippen molar-refractivity contribution in [3.05, 3.63) is 83.2 Å². The molecule has 1 aliphatic heterocycles. The van der Waals surface area contributed by atoms with Crippen LogP contribution in [0.4, 0.5) is 17.6 Å². The zero-order valence-electron chi connectivity index (χ0n) is 17.1. The topological polar surface area (TPSA) is 111 Å². The van der Waals surface area contributed by atoms with E-state index in [0.717, 1.165) is 18.3 Å². The molecule has 1 atom stereocenters. The number of halogens is 4. The molecule has 0 aliphatic carbocycles. The van der Waals surface area contributed by atoms with Gasteiger partial charge in [-0.3, -0.25) is 14.8 Å². The first kappa shape index (κ1) is 23.0. The molecule has 176 valence electrons. The lowest BCUT2D eigenvalue weighted by molar-refractivity contribution is -0.275. The standard InChI is InChI=1S/C22H15F4N3O5/c23-14-10-13(4-6-16(14)34-22(24,25)26)21(7-9-33-17-2-1-8-27-18(17)21)29-19(30)15-5-3-12(11-28-15)20(31)32/h1-6,8,10-11H,7,9H2,(H,29,30)(H,31,32)/t21-/m0/s1. The summed E-state index contributed by atoms with van der Waals surface area (Å²) in [6, 6.07) is 8.39.